The minimum Gasteiger partial charge on any atom is -0.463 e. The molecule has 0 aliphatic carbocycles. The maximum Gasteiger partial charge on any atom is 0.209 e. The predicted octanol–water partition coefficient (Wildman–Crippen LogP) is 4.19. The van der Waals surface area contributed by atoms with Gasteiger partial charge in [0.25, 0.3) is 0 Å². The molecule has 0 unspecified atom stereocenters. The van der Waals surface area contributed by atoms with Gasteiger partial charge in [-0.3, -0.25) is 0 Å². The van der Waals surface area contributed by atoms with Gasteiger partial charge >= 0.3 is 0 Å². The SMILES string of the molecule is CC1(C)c2ccccc2N[C@]12C=Cc1ccccc1O2. The first-order chi connectivity index (χ1) is 9.62. The summed E-state index contributed by atoms with van der Waals surface area (Å²) in [5.41, 5.74) is 2.94. The summed E-state index contributed by atoms with van der Waals surface area (Å²) in [6.45, 7) is 4.45. The number of nitrogens with one attached hydrogen (secondary N) is 1. The van der Waals surface area contributed by atoms with Crippen LogP contribution in [0.4, 0.5) is 5.69 Å². The monoisotopic (exact) mass is 263 g/mol. The highest BCUT2D eigenvalue weighted by Crippen LogP contribution is 2.50. The smallest absolute Gasteiger partial charge is 0.209 e. The van der Waals surface area contributed by atoms with Gasteiger partial charge in [-0.05, 0) is 43.7 Å². The van der Waals surface area contributed by atoms with E-state index in [9.17, 15) is 0 Å². The molecule has 2 aromatic carbocycles. The molecule has 20 heavy (non-hydrogen) atoms. The van der Waals surface area contributed by atoms with E-state index in [4.69, 9.17) is 4.74 Å². The number of anilines is 1. The van der Waals surface area contributed by atoms with Crippen molar-refractivity contribution in [1.29, 1.82) is 0 Å². The van der Waals surface area contributed by atoms with E-state index in [1.807, 2.05) is 18.2 Å². The third-order valence-electron chi connectivity index (χ3n) is 4.54. The summed E-state index contributed by atoms with van der Waals surface area (Å²) in [5, 5.41) is 3.57. The van der Waals surface area contributed by atoms with Crippen molar-refractivity contribution in [3.63, 3.8) is 0 Å². The molecule has 2 heteroatoms. The highest BCUT2D eigenvalue weighted by molar-refractivity contribution is 5.70. The maximum absolute atomic E-state index is 6.38. The van der Waals surface area contributed by atoms with Crippen molar-refractivity contribution in [1.82, 2.24) is 0 Å². The summed E-state index contributed by atoms with van der Waals surface area (Å²) >= 11 is 0. The van der Waals surface area contributed by atoms with Gasteiger partial charge in [-0.25, -0.2) is 0 Å². The van der Waals surface area contributed by atoms with Crippen molar-refractivity contribution in [3.8, 4) is 5.75 Å². The highest BCUT2D eigenvalue weighted by Gasteiger charge is 2.53. The molecule has 0 bridgehead atoms. The first kappa shape index (κ1) is 11.6. The summed E-state index contributed by atoms with van der Waals surface area (Å²) in [7, 11) is 0. The molecule has 2 nitrogen and oxygen atoms in total. The van der Waals surface area contributed by atoms with Crippen LogP contribution < -0.4 is 10.1 Å². The van der Waals surface area contributed by atoms with E-state index in [-0.39, 0.29) is 5.41 Å². The van der Waals surface area contributed by atoms with Crippen molar-refractivity contribution in [2.45, 2.75) is 25.0 Å². The zero-order chi connectivity index (χ0) is 13.8. The molecule has 2 aliphatic rings. The molecule has 1 atom stereocenters. The Morgan fingerprint density at radius 2 is 1.70 bits per heavy atom. The van der Waals surface area contributed by atoms with E-state index in [1.54, 1.807) is 0 Å². The second-order valence-electron chi connectivity index (χ2n) is 6.00. The minimum absolute atomic E-state index is 0.131. The molecule has 2 aromatic rings. The Balaban J connectivity index is 1.86. The molecule has 0 saturated heterocycles. The predicted molar refractivity (Wildman–Crippen MR) is 81.9 cm³/mol. The van der Waals surface area contributed by atoms with E-state index in [0.29, 0.717) is 0 Å². The van der Waals surface area contributed by atoms with Gasteiger partial charge in [-0.15, -0.1) is 0 Å². The molecule has 2 aliphatic heterocycles. The molecule has 0 fully saturated rings. The Bertz CT molecular complexity index is 717. The summed E-state index contributed by atoms with van der Waals surface area (Å²) in [6, 6.07) is 16.6. The average molecular weight is 263 g/mol. The normalized spacial score (nSPS) is 24.7. The summed E-state index contributed by atoms with van der Waals surface area (Å²) in [6.07, 6.45) is 4.30. The van der Waals surface area contributed by atoms with Crippen LogP contribution in [0.15, 0.2) is 54.6 Å². The fraction of sp³-hybridized carbons (Fsp3) is 0.222. The van der Waals surface area contributed by atoms with Crippen molar-refractivity contribution in [3.05, 3.63) is 65.7 Å². The van der Waals surface area contributed by atoms with Crippen LogP contribution in [0.25, 0.3) is 6.08 Å². The van der Waals surface area contributed by atoms with Crippen LogP contribution in [0.5, 0.6) is 5.75 Å². The maximum atomic E-state index is 6.38. The van der Waals surface area contributed by atoms with E-state index < -0.39 is 5.72 Å². The Hall–Kier alpha value is -2.22. The fourth-order valence-corrected chi connectivity index (χ4v) is 3.22. The highest BCUT2D eigenvalue weighted by atomic mass is 16.5. The Labute approximate surface area is 119 Å². The second kappa shape index (κ2) is 3.66. The van der Waals surface area contributed by atoms with E-state index in [1.165, 1.54) is 5.56 Å². The lowest BCUT2D eigenvalue weighted by Crippen LogP contribution is -2.53. The average Bonchev–Trinajstić information content (AvgIpc) is 2.67. The molecule has 2 heterocycles. The van der Waals surface area contributed by atoms with Crippen LogP contribution in [0, 0.1) is 0 Å². The van der Waals surface area contributed by atoms with Gasteiger partial charge in [0, 0.05) is 11.3 Å². The van der Waals surface area contributed by atoms with E-state index >= 15 is 0 Å². The van der Waals surface area contributed by atoms with Gasteiger partial charge in [-0.2, -0.15) is 0 Å². The second-order valence-corrected chi connectivity index (χ2v) is 6.00. The molecule has 0 saturated carbocycles. The molecule has 1 N–H and O–H groups in total. The van der Waals surface area contributed by atoms with E-state index in [0.717, 1.165) is 17.0 Å². The van der Waals surface area contributed by atoms with E-state index in [2.05, 4.69) is 61.6 Å². The minimum atomic E-state index is -0.509. The molecule has 0 radical (unpaired) electrons. The van der Waals surface area contributed by atoms with Gasteiger partial charge in [-0.1, -0.05) is 36.4 Å². The lowest BCUT2D eigenvalue weighted by Gasteiger charge is -2.41. The molecule has 0 aromatic heterocycles. The lowest BCUT2D eigenvalue weighted by atomic mass is 9.76. The van der Waals surface area contributed by atoms with Crippen molar-refractivity contribution in [2.24, 2.45) is 0 Å². The van der Waals surface area contributed by atoms with Gasteiger partial charge in [0.2, 0.25) is 5.72 Å². The fourth-order valence-electron chi connectivity index (χ4n) is 3.22. The van der Waals surface area contributed by atoms with Gasteiger partial charge in [0.1, 0.15) is 5.75 Å². The van der Waals surface area contributed by atoms with Crippen LogP contribution in [-0.4, -0.2) is 5.72 Å². The van der Waals surface area contributed by atoms with Crippen LogP contribution in [0.3, 0.4) is 0 Å². The first-order valence-electron chi connectivity index (χ1n) is 6.97. The van der Waals surface area contributed by atoms with Crippen LogP contribution in [0.2, 0.25) is 0 Å². The Morgan fingerprint density at radius 1 is 0.950 bits per heavy atom. The zero-order valence-corrected chi connectivity index (χ0v) is 11.7. The number of benzene rings is 2. The standard InChI is InChI=1S/C18H17NO/c1-17(2)14-8-4-5-9-15(14)19-18(17)12-11-13-7-3-6-10-16(13)20-18/h3-12,19H,1-2H3/t18-/m0/s1. The first-order valence-corrected chi connectivity index (χ1v) is 6.97. The van der Waals surface area contributed by atoms with Crippen LogP contribution in [-0.2, 0) is 5.41 Å². The topological polar surface area (TPSA) is 21.3 Å². The third kappa shape index (κ3) is 1.34. The summed E-state index contributed by atoms with van der Waals surface area (Å²) in [5.74, 6) is 0.934. The zero-order valence-electron chi connectivity index (χ0n) is 11.7. The molecule has 100 valence electrons. The summed E-state index contributed by atoms with van der Waals surface area (Å²) < 4.78 is 6.38. The number of rotatable bonds is 0. The Morgan fingerprint density at radius 3 is 2.55 bits per heavy atom. The van der Waals surface area contributed by atoms with Crippen molar-refractivity contribution >= 4 is 11.8 Å². The van der Waals surface area contributed by atoms with Gasteiger partial charge in [0.15, 0.2) is 0 Å². The molecule has 1 spiro atoms. The molecule has 4 rings (SSSR count). The van der Waals surface area contributed by atoms with Crippen LogP contribution in [0.1, 0.15) is 25.0 Å². The number of para-hydroxylation sites is 2. The molecular weight excluding hydrogens is 246 g/mol. The lowest BCUT2D eigenvalue weighted by molar-refractivity contribution is 0.0823. The Kier molecular flexibility index (Phi) is 2.12. The number of fused-ring (bicyclic) bond motifs is 2. The van der Waals surface area contributed by atoms with Gasteiger partial charge < -0.3 is 10.1 Å². The molecule has 0 amide bonds. The summed E-state index contributed by atoms with van der Waals surface area (Å²) in [4.78, 5) is 0. The quantitative estimate of drug-likeness (QED) is 0.769. The molecular formula is C18H17NO. The number of hydrogen-bond donors (Lipinski definition) is 1. The number of hydrogen-bond acceptors (Lipinski definition) is 2. The van der Waals surface area contributed by atoms with Gasteiger partial charge in [0.05, 0.1) is 5.41 Å². The largest absolute Gasteiger partial charge is 0.463 e. The van der Waals surface area contributed by atoms with Crippen molar-refractivity contribution in [2.75, 3.05) is 5.32 Å². The number of ether oxygens (including phenoxy) is 1. The third-order valence-corrected chi connectivity index (χ3v) is 4.54. The van der Waals surface area contributed by atoms with Crippen molar-refractivity contribution < 1.29 is 4.74 Å². The van der Waals surface area contributed by atoms with Crippen LogP contribution >= 0.6 is 0 Å².